The summed E-state index contributed by atoms with van der Waals surface area (Å²) in [5.74, 6) is -0.813. The van der Waals surface area contributed by atoms with E-state index in [0.717, 1.165) is 0 Å². The van der Waals surface area contributed by atoms with E-state index in [1.165, 1.54) is 19.2 Å². The highest BCUT2D eigenvalue weighted by Crippen LogP contribution is 2.21. The molecule has 18 heavy (non-hydrogen) atoms. The molecular weight excluding hydrogens is 239 g/mol. The molecule has 1 amide bonds. The molecular formula is C12H17FN2O3. The van der Waals surface area contributed by atoms with Crippen molar-refractivity contribution in [3.63, 3.8) is 0 Å². The minimum atomic E-state index is -0.787. The van der Waals surface area contributed by atoms with Crippen molar-refractivity contribution >= 4 is 11.6 Å². The van der Waals surface area contributed by atoms with Crippen LogP contribution in [-0.2, 0) is 9.53 Å². The largest absolute Gasteiger partial charge is 0.491 e. The SMILES string of the molecule is CCOc1ccc(NC(=O)C(N)COC)cc1F. The van der Waals surface area contributed by atoms with Gasteiger partial charge in [0.15, 0.2) is 11.6 Å². The number of benzene rings is 1. The van der Waals surface area contributed by atoms with Crippen molar-refractivity contribution in [2.45, 2.75) is 13.0 Å². The van der Waals surface area contributed by atoms with Crippen LogP contribution >= 0.6 is 0 Å². The van der Waals surface area contributed by atoms with E-state index < -0.39 is 17.8 Å². The molecule has 0 saturated heterocycles. The van der Waals surface area contributed by atoms with Crippen molar-refractivity contribution in [1.29, 1.82) is 0 Å². The third-order valence-electron chi connectivity index (χ3n) is 2.18. The zero-order chi connectivity index (χ0) is 13.5. The Morgan fingerprint density at radius 1 is 1.56 bits per heavy atom. The van der Waals surface area contributed by atoms with Crippen molar-refractivity contribution in [2.24, 2.45) is 5.73 Å². The number of carbonyl (C=O) groups excluding carboxylic acids is 1. The first kappa shape index (κ1) is 14.4. The summed E-state index contributed by atoms with van der Waals surface area (Å²) < 4.78 is 23.3. The van der Waals surface area contributed by atoms with Crippen LogP contribution in [0.5, 0.6) is 5.75 Å². The highest BCUT2D eigenvalue weighted by molar-refractivity contribution is 5.94. The van der Waals surface area contributed by atoms with Gasteiger partial charge in [-0.25, -0.2) is 4.39 Å². The van der Waals surface area contributed by atoms with E-state index in [9.17, 15) is 9.18 Å². The van der Waals surface area contributed by atoms with Crippen LogP contribution in [0.25, 0.3) is 0 Å². The number of anilines is 1. The average molecular weight is 256 g/mol. The number of nitrogens with two attached hydrogens (primary N) is 1. The maximum absolute atomic E-state index is 13.5. The third-order valence-corrected chi connectivity index (χ3v) is 2.18. The molecule has 0 aliphatic rings. The van der Waals surface area contributed by atoms with E-state index in [2.05, 4.69) is 5.32 Å². The number of methoxy groups -OCH3 is 1. The predicted octanol–water partition coefficient (Wildman–Crippen LogP) is 1.14. The molecule has 0 aliphatic carbocycles. The second-order valence-electron chi connectivity index (χ2n) is 3.63. The van der Waals surface area contributed by atoms with E-state index in [1.807, 2.05) is 0 Å². The highest BCUT2D eigenvalue weighted by Gasteiger charge is 2.14. The molecule has 0 radical (unpaired) electrons. The van der Waals surface area contributed by atoms with Gasteiger partial charge < -0.3 is 20.5 Å². The summed E-state index contributed by atoms with van der Waals surface area (Å²) in [5, 5.41) is 2.50. The second kappa shape index (κ2) is 6.93. The van der Waals surface area contributed by atoms with Crippen molar-refractivity contribution in [3.8, 4) is 5.75 Å². The van der Waals surface area contributed by atoms with Gasteiger partial charge >= 0.3 is 0 Å². The van der Waals surface area contributed by atoms with Crippen molar-refractivity contribution in [3.05, 3.63) is 24.0 Å². The minimum Gasteiger partial charge on any atom is -0.491 e. The summed E-state index contributed by atoms with van der Waals surface area (Å²) in [4.78, 5) is 11.6. The van der Waals surface area contributed by atoms with E-state index >= 15 is 0 Å². The number of hydrogen-bond acceptors (Lipinski definition) is 4. The Morgan fingerprint density at radius 2 is 2.28 bits per heavy atom. The van der Waals surface area contributed by atoms with Crippen LogP contribution in [0.3, 0.4) is 0 Å². The Morgan fingerprint density at radius 3 is 2.83 bits per heavy atom. The number of rotatable bonds is 6. The van der Waals surface area contributed by atoms with Gasteiger partial charge in [0.25, 0.3) is 0 Å². The van der Waals surface area contributed by atoms with Gasteiger partial charge in [0.2, 0.25) is 5.91 Å². The molecule has 0 bridgehead atoms. The van der Waals surface area contributed by atoms with Gasteiger partial charge in [-0.1, -0.05) is 0 Å². The lowest BCUT2D eigenvalue weighted by Gasteiger charge is -2.12. The van der Waals surface area contributed by atoms with Gasteiger partial charge in [0.05, 0.1) is 13.2 Å². The number of ether oxygens (including phenoxy) is 2. The second-order valence-corrected chi connectivity index (χ2v) is 3.63. The molecule has 5 nitrogen and oxygen atoms in total. The first-order valence-corrected chi connectivity index (χ1v) is 5.56. The summed E-state index contributed by atoms with van der Waals surface area (Å²) >= 11 is 0. The number of nitrogens with one attached hydrogen (secondary N) is 1. The lowest BCUT2D eigenvalue weighted by molar-refractivity contribution is -0.118. The molecule has 0 saturated carbocycles. The van der Waals surface area contributed by atoms with Crippen LogP contribution in [0.4, 0.5) is 10.1 Å². The van der Waals surface area contributed by atoms with Crippen molar-refractivity contribution in [1.82, 2.24) is 0 Å². The molecule has 3 N–H and O–H groups in total. The van der Waals surface area contributed by atoms with E-state index in [1.54, 1.807) is 13.0 Å². The first-order valence-electron chi connectivity index (χ1n) is 5.56. The lowest BCUT2D eigenvalue weighted by atomic mass is 10.2. The van der Waals surface area contributed by atoms with Gasteiger partial charge in [0, 0.05) is 18.9 Å². The molecule has 0 fully saturated rings. The zero-order valence-corrected chi connectivity index (χ0v) is 10.4. The van der Waals surface area contributed by atoms with E-state index in [0.29, 0.717) is 12.3 Å². The molecule has 6 heteroatoms. The maximum Gasteiger partial charge on any atom is 0.243 e. The molecule has 0 aliphatic heterocycles. The summed E-state index contributed by atoms with van der Waals surface area (Å²) in [7, 11) is 1.45. The molecule has 0 spiro atoms. The molecule has 100 valence electrons. The average Bonchev–Trinajstić information content (AvgIpc) is 2.33. The zero-order valence-electron chi connectivity index (χ0n) is 10.4. The summed E-state index contributed by atoms with van der Waals surface area (Å²) in [6, 6.07) is 3.40. The Kier molecular flexibility index (Phi) is 5.54. The van der Waals surface area contributed by atoms with Crippen LogP contribution in [0, 0.1) is 5.82 Å². The monoisotopic (exact) mass is 256 g/mol. The molecule has 1 atom stereocenters. The Labute approximate surface area is 105 Å². The van der Waals surface area contributed by atoms with Crippen LogP contribution in [0.2, 0.25) is 0 Å². The van der Waals surface area contributed by atoms with E-state index in [4.69, 9.17) is 15.2 Å². The normalized spacial score (nSPS) is 12.0. The summed E-state index contributed by atoms with van der Waals surface area (Å²) in [5.41, 5.74) is 5.86. The minimum absolute atomic E-state index is 0.103. The maximum atomic E-state index is 13.5. The van der Waals surface area contributed by atoms with Gasteiger partial charge in [0.1, 0.15) is 6.04 Å². The van der Waals surface area contributed by atoms with Gasteiger partial charge in [-0.3, -0.25) is 4.79 Å². The number of amides is 1. The quantitative estimate of drug-likeness (QED) is 0.800. The Bertz CT molecular complexity index is 412. The number of hydrogen-bond donors (Lipinski definition) is 2. The first-order chi connectivity index (χ1) is 8.58. The topological polar surface area (TPSA) is 73.6 Å². The van der Waals surface area contributed by atoms with Crippen molar-refractivity contribution in [2.75, 3.05) is 25.6 Å². The Balaban J connectivity index is 2.68. The van der Waals surface area contributed by atoms with Gasteiger partial charge in [-0.15, -0.1) is 0 Å². The highest BCUT2D eigenvalue weighted by atomic mass is 19.1. The summed E-state index contributed by atoms with van der Waals surface area (Å²) in [6.45, 7) is 2.24. The standard InChI is InChI=1S/C12H17FN2O3/c1-3-18-11-5-4-8(6-9(11)13)15-12(16)10(14)7-17-2/h4-6,10H,3,7,14H2,1-2H3,(H,15,16). The molecule has 1 rings (SSSR count). The fraction of sp³-hybridized carbons (Fsp3) is 0.417. The Hall–Kier alpha value is -1.66. The van der Waals surface area contributed by atoms with Gasteiger partial charge in [-0.2, -0.15) is 0 Å². The van der Waals surface area contributed by atoms with Crippen LogP contribution in [0.1, 0.15) is 6.92 Å². The van der Waals surface area contributed by atoms with Crippen LogP contribution in [0.15, 0.2) is 18.2 Å². The van der Waals surface area contributed by atoms with E-state index in [-0.39, 0.29) is 12.4 Å². The molecule has 1 aromatic rings. The fourth-order valence-electron chi connectivity index (χ4n) is 1.34. The smallest absolute Gasteiger partial charge is 0.243 e. The summed E-state index contributed by atoms with van der Waals surface area (Å²) in [6.07, 6.45) is 0. The predicted molar refractivity (Wildman–Crippen MR) is 66.1 cm³/mol. The lowest BCUT2D eigenvalue weighted by Crippen LogP contribution is -2.39. The number of carbonyl (C=O) groups is 1. The third kappa shape index (κ3) is 3.97. The fourth-order valence-corrected chi connectivity index (χ4v) is 1.34. The molecule has 1 unspecified atom stereocenters. The molecule has 0 aromatic heterocycles. The van der Waals surface area contributed by atoms with Crippen LogP contribution in [-0.4, -0.2) is 32.3 Å². The van der Waals surface area contributed by atoms with Gasteiger partial charge in [-0.05, 0) is 19.1 Å². The number of halogens is 1. The van der Waals surface area contributed by atoms with Crippen molar-refractivity contribution < 1.29 is 18.7 Å². The van der Waals surface area contributed by atoms with Crippen LogP contribution < -0.4 is 15.8 Å². The molecule has 1 aromatic carbocycles. The molecule has 0 heterocycles.